The molecule has 0 saturated carbocycles. The summed E-state index contributed by atoms with van der Waals surface area (Å²) in [5.41, 5.74) is 2.30. The quantitative estimate of drug-likeness (QED) is 0.486. The second-order valence-corrected chi connectivity index (χ2v) is 8.48. The van der Waals surface area contributed by atoms with Gasteiger partial charge in [0.1, 0.15) is 0 Å². The third kappa shape index (κ3) is 3.88. The molecule has 1 aliphatic rings. The van der Waals surface area contributed by atoms with E-state index >= 15 is 0 Å². The number of nitrogens with zero attached hydrogens (tertiary/aromatic N) is 4. The van der Waals surface area contributed by atoms with Crippen LogP contribution in [0.3, 0.4) is 0 Å². The van der Waals surface area contributed by atoms with Crippen LogP contribution >= 0.6 is 11.6 Å². The molecule has 0 aliphatic carbocycles. The van der Waals surface area contributed by atoms with Gasteiger partial charge in [-0.15, -0.1) is 0 Å². The maximum Gasteiger partial charge on any atom is 0.266 e. The fourth-order valence-electron chi connectivity index (χ4n) is 4.35. The zero-order valence-electron chi connectivity index (χ0n) is 17.7. The number of hydrogen-bond acceptors (Lipinski definition) is 5. The van der Waals surface area contributed by atoms with Gasteiger partial charge in [0.05, 0.1) is 29.8 Å². The molecule has 166 valence electrons. The van der Waals surface area contributed by atoms with E-state index in [1.54, 1.807) is 15.0 Å². The molecule has 8 heteroatoms. The van der Waals surface area contributed by atoms with E-state index in [1.807, 2.05) is 42.5 Å². The number of ether oxygens (including phenoxy) is 1. The molecule has 3 heterocycles. The number of benzene rings is 2. The Balaban J connectivity index is 1.59. The summed E-state index contributed by atoms with van der Waals surface area (Å²) in [6, 6.07) is 14.9. The van der Waals surface area contributed by atoms with Crippen LogP contribution in [0.15, 0.2) is 53.3 Å². The molecule has 1 N–H and O–H groups in total. The molecule has 2 aromatic heterocycles. The Morgan fingerprint density at radius 3 is 2.59 bits per heavy atom. The molecule has 0 atom stereocenters. The summed E-state index contributed by atoms with van der Waals surface area (Å²) in [5, 5.41) is 11.8. The summed E-state index contributed by atoms with van der Waals surface area (Å²) in [5.74, 6) is 0.415. The van der Waals surface area contributed by atoms with Crippen molar-refractivity contribution in [3.8, 4) is 5.88 Å². The van der Waals surface area contributed by atoms with Gasteiger partial charge in [0.15, 0.2) is 0 Å². The Bertz CT molecular complexity index is 1320. The van der Waals surface area contributed by atoms with Crippen LogP contribution < -0.4 is 5.56 Å². The van der Waals surface area contributed by atoms with Crippen LogP contribution in [0.4, 0.5) is 0 Å². The molecule has 2 aromatic carbocycles. The second kappa shape index (κ2) is 8.94. The van der Waals surface area contributed by atoms with Crippen LogP contribution in [0.25, 0.3) is 16.8 Å². The molecule has 32 heavy (non-hydrogen) atoms. The van der Waals surface area contributed by atoms with Gasteiger partial charge >= 0.3 is 0 Å². The van der Waals surface area contributed by atoms with Crippen molar-refractivity contribution in [3.05, 3.63) is 75.0 Å². The summed E-state index contributed by atoms with van der Waals surface area (Å²) in [4.78, 5) is 20.5. The second-order valence-electron chi connectivity index (χ2n) is 8.07. The summed E-state index contributed by atoms with van der Waals surface area (Å²) in [6.45, 7) is 4.77. The molecule has 0 bridgehead atoms. The maximum atomic E-state index is 13.5. The highest BCUT2D eigenvalue weighted by atomic mass is 35.5. The number of aromatic hydroxyl groups is 1. The van der Waals surface area contributed by atoms with Crippen LogP contribution in [-0.4, -0.2) is 56.8 Å². The molecule has 0 radical (unpaired) electrons. The van der Waals surface area contributed by atoms with Crippen molar-refractivity contribution >= 4 is 28.4 Å². The molecule has 1 aliphatic heterocycles. The van der Waals surface area contributed by atoms with Crippen molar-refractivity contribution in [1.82, 2.24) is 18.9 Å². The van der Waals surface area contributed by atoms with Gasteiger partial charge in [-0.3, -0.25) is 14.3 Å². The van der Waals surface area contributed by atoms with Crippen molar-refractivity contribution in [2.75, 3.05) is 32.8 Å². The van der Waals surface area contributed by atoms with Crippen molar-refractivity contribution in [2.45, 2.75) is 19.4 Å². The molecular formula is C24H25ClN4O3. The zero-order valence-corrected chi connectivity index (χ0v) is 18.5. The lowest BCUT2D eigenvalue weighted by atomic mass is 10.1. The molecule has 1 fully saturated rings. The first-order valence-electron chi connectivity index (χ1n) is 10.9. The summed E-state index contributed by atoms with van der Waals surface area (Å²) >= 11 is 6.36. The Labute approximate surface area is 190 Å². The van der Waals surface area contributed by atoms with E-state index in [4.69, 9.17) is 16.3 Å². The van der Waals surface area contributed by atoms with Gasteiger partial charge in [-0.25, -0.2) is 9.38 Å². The summed E-state index contributed by atoms with van der Waals surface area (Å²) in [6.07, 6.45) is 1.07. The maximum absolute atomic E-state index is 13.5. The Hall–Kier alpha value is -2.87. The number of aromatic nitrogens is 3. The monoisotopic (exact) mass is 452 g/mol. The highest BCUT2D eigenvalue weighted by molar-refractivity contribution is 6.31. The van der Waals surface area contributed by atoms with Crippen LogP contribution in [0, 0.1) is 0 Å². The Kier molecular flexibility index (Phi) is 5.87. The lowest BCUT2D eigenvalue weighted by Gasteiger charge is -2.26. The third-order valence-electron chi connectivity index (χ3n) is 6.06. The minimum atomic E-state index is -0.268. The Morgan fingerprint density at radius 1 is 1.03 bits per heavy atom. The topological polar surface area (TPSA) is 72.0 Å². The lowest BCUT2D eigenvalue weighted by molar-refractivity contribution is 0.0369. The summed E-state index contributed by atoms with van der Waals surface area (Å²) < 4.78 is 8.79. The van der Waals surface area contributed by atoms with Crippen molar-refractivity contribution in [3.63, 3.8) is 0 Å². The minimum absolute atomic E-state index is 0.0419. The molecule has 4 aromatic rings. The molecule has 5 rings (SSSR count). The number of fused-ring (bicyclic) bond motifs is 3. The van der Waals surface area contributed by atoms with Crippen LogP contribution in [0.1, 0.15) is 17.5 Å². The first kappa shape index (κ1) is 21.0. The minimum Gasteiger partial charge on any atom is -0.494 e. The first-order chi connectivity index (χ1) is 15.6. The standard InChI is InChI=1S/C24H25ClN4O3/c25-19-7-2-1-6-17(19)16-18-22(30)28(11-5-10-27-12-14-32-15-13-27)24-26-20-8-3-4-9-21(20)29(24)23(18)31/h1-4,6-9,30H,5,10-16H2. The average molecular weight is 453 g/mol. The lowest BCUT2D eigenvalue weighted by Crippen LogP contribution is -2.37. The van der Waals surface area contributed by atoms with Crippen molar-refractivity contribution in [2.24, 2.45) is 0 Å². The van der Waals surface area contributed by atoms with Gasteiger partial charge in [0.2, 0.25) is 11.7 Å². The van der Waals surface area contributed by atoms with Crippen LogP contribution in [-0.2, 0) is 17.7 Å². The Morgan fingerprint density at radius 2 is 1.78 bits per heavy atom. The van der Waals surface area contributed by atoms with E-state index in [0.29, 0.717) is 22.9 Å². The fourth-order valence-corrected chi connectivity index (χ4v) is 4.56. The van der Waals surface area contributed by atoms with Gasteiger partial charge < -0.3 is 9.84 Å². The number of imidazole rings is 1. The third-order valence-corrected chi connectivity index (χ3v) is 6.42. The van der Waals surface area contributed by atoms with Crippen molar-refractivity contribution < 1.29 is 9.84 Å². The first-order valence-corrected chi connectivity index (χ1v) is 11.3. The van der Waals surface area contributed by atoms with Crippen LogP contribution in [0.2, 0.25) is 5.02 Å². The number of morpholine rings is 1. The highest BCUT2D eigenvalue weighted by Gasteiger charge is 2.21. The van der Waals surface area contributed by atoms with E-state index in [0.717, 1.165) is 55.9 Å². The van der Waals surface area contributed by atoms with Crippen LogP contribution in [0.5, 0.6) is 5.88 Å². The molecular weight excluding hydrogens is 428 g/mol. The zero-order chi connectivity index (χ0) is 22.1. The number of aryl methyl sites for hydroxylation is 1. The van der Waals surface area contributed by atoms with Gasteiger partial charge in [-0.2, -0.15) is 0 Å². The fraction of sp³-hybridized carbons (Fsp3) is 0.333. The molecule has 0 amide bonds. The largest absolute Gasteiger partial charge is 0.494 e. The van der Waals surface area contributed by atoms with Gasteiger partial charge in [0, 0.05) is 37.6 Å². The normalized spacial score (nSPS) is 15.0. The molecule has 0 unspecified atom stereocenters. The van der Waals surface area contributed by atoms with Gasteiger partial charge in [0.25, 0.3) is 5.56 Å². The van der Waals surface area contributed by atoms with Gasteiger partial charge in [-0.1, -0.05) is 41.9 Å². The van der Waals surface area contributed by atoms with E-state index in [-0.39, 0.29) is 17.9 Å². The predicted octanol–water partition coefficient (Wildman–Crippen LogP) is 3.32. The molecule has 7 nitrogen and oxygen atoms in total. The number of halogens is 1. The predicted molar refractivity (Wildman–Crippen MR) is 125 cm³/mol. The van der Waals surface area contributed by atoms with E-state index < -0.39 is 0 Å². The highest BCUT2D eigenvalue weighted by Crippen LogP contribution is 2.26. The van der Waals surface area contributed by atoms with Crippen molar-refractivity contribution in [1.29, 1.82) is 0 Å². The number of rotatable bonds is 6. The summed E-state index contributed by atoms with van der Waals surface area (Å²) in [7, 11) is 0. The van der Waals surface area contributed by atoms with E-state index in [9.17, 15) is 9.90 Å². The average Bonchev–Trinajstić information content (AvgIpc) is 3.20. The van der Waals surface area contributed by atoms with Gasteiger partial charge in [-0.05, 0) is 30.2 Å². The smallest absolute Gasteiger partial charge is 0.266 e. The SMILES string of the molecule is O=c1c(Cc2ccccc2Cl)c(O)n(CCCN2CCOCC2)c2nc3ccccc3n12. The van der Waals surface area contributed by atoms with E-state index in [1.165, 1.54) is 0 Å². The molecule has 0 spiro atoms. The number of para-hydroxylation sites is 2. The van der Waals surface area contributed by atoms with E-state index in [2.05, 4.69) is 9.88 Å². The molecule has 1 saturated heterocycles. The number of hydrogen-bond donors (Lipinski definition) is 1.